The number of amides is 3. The Labute approximate surface area is 304 Å². The van der Waals surface area contributed by atoms with E-state index in [1.807, 2.05) is 18.2 Å². The van der Waals surface area contributed by atoms with Crippen LogP contribution >= 0.6 is 46.3 Å². The van der Waals surface area contributed by atoms with Crippen LogP contribution in [0.25, 0.3) is 0 Å². The van der Waals surface area contributed by atoms with Gasteiger partial charge >= 0.3 is 10.8 Å². The number of H-pyrrole nitrogens is 1. The monoisotopic (exact) mass is 749 g/mol. The van der Waals surface area contributed by atoms with Crippen molar-refractivity contribution in [3.63, 3.8) is 0 Å². The first-order valence-corrected chi connectivity index (χ1v) is 18.6. The van der Waals surface area contributed by atoms with Gasteiger partial charge in [-0.2, -0.15) is 0 Å². The number of carbonyl (C=O) groups is 4. The highest BCUT2D eigenvalue weighted by Crippen LogP contribution is 2.68. The van der Waals surface area contributed by atoms with Gasteiger partial charge in [0, 0.05) is 21.7 Å². The molecule has 50 heavy (non-hydrogen) atoms. The number of aromatic nitrogens is 1. The number of imide groups is 1. The number of rotatable bonds is 8. The number of esters is 1. The van der Waals surface area contributed by atoms with Gasteiger partial charge in [-0.3, -0.25) is 24.1 Å². The average molecular weight is 751 g/mol. The molecule has 8 rings (SSSR count). The third-order valence-electron chi connectivity index (χ3n) is 10.2. The van der Waals surface area contributed by atoms with Crippen LogP contribution in [0.1, 0.15) is 40.1 Å². The first-order valence-electron chi connectivity index (χ1n) is 16.1. The number of hydrogen-bond acceptors (Lipinski definition) is 9. The highest BCUT2D eigenvalue weighted by atomic mass is 35.5. The van der Waals surface area contributed by atoms with Gasteiger partial charge in [0.1, 0.15) is 5.75 Å². The van der Waals surface area contributed by atoms with Crippen LogP contribution in [0, 0.1) is 29.6 Å². The Balaban J connectivity index is 1.06. The molecule has 0 spiro atoms. The van der Waals surface area contributed by atoms with Crippen LogP contribution < -0.4 is 19.8 Å². The van der Waals surface area contributed by atoms with E-state index >= 15 is 0 Å². The number of thiazole rings is 1. The Bertz CT molecular complexity index is 2120. The minimum absolute atomic E-state index is 0.00782. The zero-order valence-electron chi connectivity index (χ0n) is 26.4. The van der Waals surface area contributed by atoms with Gasteiger partial charge in [-0.15, -0.1) is 11.8 Å². The molecule has 4 aliphatic rings. The molecule has 3 aromatic carbocycles. The SMILES string of the molecule is CCOC(=O)c1ccc(N2C(=O)C3C(C2=O)[C@@H]2C[C@H]3C3Sc4[nH]c(=O)sc4[C@H](c4cccc(OCC(=O)Nc5ccc(Cl)c(Cl)c5)c4)C32)cc1. The number of benzene rings is 3. The van der Waals surface area contributed by atoms with Crippen LogP contribution in [0.4, 0.5) is 11.4 Å². The maximum atomic E-state index is 14.1. The van der Waals surface area contributed by atoms with Crippen molar-refractivity contribution < 1.29 is 28.7 Å². The number of anilines is 2. The van der Waals surface area contributed by atoms with Crippen molar-refractivity contribution in [3.8, 4) is 5.75 Å². The molecule has 3 amide bonds. The summed E-state index contributed by atoms with van der Waals surface area (Å²) in [5, 5.41) is 4.25. The number of hydrogen-bond donors (Lipinski definition) is 2. The fourth-order valence-electron chi connectivity index (χ4n) is 8.32. The fraction of sp³-hybridized carbons (Fsp3) is 0.306. The summed E-state index contributed by atoms with van der Waals surface area (Å²) >= 11 is 14.8. The van der Waals surface area contributed by atoms with E-state index in [1.54, 1.807) is 67.2 Å². The maximum absolute atomic E-state index is 14.1. The standard InChI is InChI=1S/C36H29Cl2N3O7S2/c1-2-47-35(45)16-6-9-19(10-7-16)41-33(43)28-21-14-22(29(28)34(41)44)30-27(21)26(31-32(49-30)40-36(46)50-31)17-4-3-5-20(12-17)48-15-25(42)39-18-8-11-23(37)24(38)13-18/h3-13,21-22,26-30H,2,14-15H2,1H3,(H,39,42)(H,40,46)/t21-,22-,26-,27?,28?,29?,30?/m1/s1. The quantitative estimate of drug-likeness (QED) is 0.152. The molecule has 3 fully saturated rings. The number of nitrogens with zero attached hydrogens (tertiary/aromatic N) is 1. The zero-order valence-corrected chi connectivity index (χ0v) is 29.5. The van der Waals surface area contributed by atoms with E-state index in [0.29, 0.717) is 32.7 Å². The zero-order chi connectivity index (χ0) is 34.8. The molecule has 2 aliphatic carbocycles. The average Bonchev–Trinajstić information content (AvgIpc) is 3.84. The molecule has 2 bridgehead atoms. The highest BCUT2D eigenvalue weighted by molar-refractivity contribution is 8.00. The summed E-state index contributed by atoms with van der Waals surface area (Å²) in [6, 6.07) is 18.7. The lowest BCUT2D eigenvalue weighted by Crippen LogP contribution is -2.42. The van der Waals surface area contributed by atoms with Crippen molar-refractivity contribution in [2.24, 2.45) is 29.6 Å². The smallest absolute Gasteiger partial charge is 0.338 e. The number of thioether (sulfide) groups is 1. The molecular formula is C36H29Cl2N3O7S2. The Morgan fingerprint density at radius 2 is 1.72 bits per heavy atom. The first kappa shape index (κ1) is 33.1. The molecule has 2 N–H and O–H groups in total. The van der Waals surface area contributed by atoms with E-state index < -0.39 is 17.8 Å². The largest absolute Gasteiger partial charge is 0.484 e. The van der Waals surface area contributed by atoms with Gasteiger partial charge in [-0.1, -0.05) is 46.7 Å². The summed E-state index contributed by atoms with van der Waals surface area (Å²) in [4.78, 5) is 70.8. The van der Waals surface area contributed by atoms with E-state index in [4.69, 9.17) is 32.7 Å². The molecule has 7 atom stereocenters. The Morgan fingerprint density at radius 3 is 2.46 bits per heavy atom. The molecule has 2 saturated carbocycles. The molecule has 0 radical (unpaired) electrons. The fourth-order valence-corrected chi connectivity index (χ4v) is 11.5. The lowest BCUT2D eigenvalue weighted by Gasteiger charge is -2.43. The molecule has 4 unspecified atom stereocenters. The molecule has 14 heteroatoms. The molecule has 1 aromatic heterocycles. The van der Waals surface area contributed by atoms with E-state index in [0.717, 1.165) is 21.9 Å². The number of aromatic amines is 1. The van der Waals surface area contributed by atoms with E-state index in [-0.39, 0.29) is 64.7 Å². The van der Waals surface area contributed by atoms with Gasteiger partial charge in [0.25, 0.3) is 5.91 Å². The molecule has 1 saturated heterocycles. The van der Waals surface area contributed by atoms with Crippen molar-refractivity contribution in [2.45, 2.75) is 29.5 Å². The molecule has 3 heterocycles. The Hall–Kier alpha value is -4.10. The van der Waals surface area contributed by atoms with Crippen LogP contribution in [0.3, 0.4) is 0 Å². The van der Waals surface area contributed by atoms with E-state index in [1.165, 1.54) is 16.2 Å². The molecular weight excluding hydrogens is 721 g/mol. The van der Waals surface area contributed by atoms with Gasteiger partial charge in [0.15, 0.2) is 6.61 Å². The maximum Gasteiger partial charge on any atom is 0.338 e. The normalized spacial score (nSPS) is 26.0. The Kier molecular flexibility index (Phi) is 8.53. The van der Waals surface area contributed by atoms with Gasteiger partial charge in [0.2, 0.25) is 11.8 Å². The highest BCUT2D eigenvalue weighted by Gasteiger charge is 2.69. The Morgan fingerprint density at radius 1 is 0.960 bits per heavy atom. The lowest BCUT2D eigenvalue weighted by molar-refractivity contribution is -0.123. The molecule has 256 valence electrons. The van der Waals surface area contributed by atoms with Crippen LogP contribution in [0.5, 0.6) is 5.75 Å². The van der Waals surface area contributed by atoms with Crippen molar-refractivity contribution in [1.29, 1.82) is 0 Å². The minimum Gasteiger partial charge on any atom is -0.484 e. The topological polar surface area (TPSA) is 135 Å². The number of ether oxygens (including phenoxy) is 2. The van der Waals surface area contributed by atoms with Crippen LogP contribution in [-0.4, -0.2) is 47.1 Å². The first-order chi connectivity index (χ1) is 24.1. The van der Waals surface area contributed by atoms with Crippen molar-refractivity contribution in [3.05, 3.63) is 102 Å². The molecule has 2 aliphatic heterocycles. The summed E-state index contributed by atoms with van der Waals surface area (Å²) < 4.78 is 11.0. The van der Waals surface area contributed by atoms with Gasteiger partial charge in [0.05, 0.1) is 44.8 Å². The number of halogens is 2. The predicted octanol–water partition coefficient (Wildman–Crippen LogP) is 6.62. The van der Waals surface area contributed by atoms with Crippen LogP contribution in [-0.2, 0) is 19.1 Å². The third kappa shape index (κ3) is 5.53. The second-order valence-corrected chi connectivity index (χ2v) is 15.8. The summed E-state index contributed by atoms with van der Waals surface area (Å²) in [7, 11) is 0. The van der Waals surface area contributed by atoms with Gasteiger partial charge < -0.3 is 19.8 Å². The van der Waals surface area contributed by atoms with Crippen LogP contribution in [0.15, 0.2) is 76.6 Å². The predicted molar refractivity (Wildman–Crippen MR) is 190 cm³/mol. The van der Waals surface area contributed by atoms with Crippen LogP contribution in [0.2, 0.25) is 10.0 Å². The lowest BCUT2D eigenvalue weighted by atomic mass is 9.68. The third-order valence-corrected chi connectivity index (χ3v) is 13.5. The summed E-state index contributed by atoms with van der Waals surface area (Å²) in [5.74, 6) is -2.11. The summed E-state index contributed by atoms with van der Waals surface area (Å²) in [6.45, 7) is 1.72. The van der Waals surface area contributed by atoms with E-state index in [9.17, 15) is 24.0 Å². The van der Waals surface area contributed by atoms with Crippen molar-refractivity contribution in [1.82, 2.24) is 4.98 Å². The van der Waals surface area contributed by atoms with Crippen molar-refractivity contribution >= 4 is 81.4 Å². The van der Waals surface area contributed by atoms with E-state index in [2.05, 4.69) is 10.3 Å². The van der Waals surface area contributed by atoms with Gasteiger partial charge in [-0.25, -0.2) is 4.79 Å². The van der Waals surface area contributed by atoms with Crippen molar-refractivity contribution in [2.75, 3.05) is 23.4 Å². The second kappa shape index (κ2) is 12.9. The number of nitrogens with one attached hydrogen (secondary N) is 2. The minimum atomic E-state index is -0.483. The second-order valence-electron chi connectivity index (χ2n) is 12.8. The van der Waals surface area contributed by atoms with Gasteiger partial charge in [-0.05, 0) is 91.3 Å². The summed E-state index contributed by atoms with van der Waals surface area (Å²) in [5.41, 5.74) is 2.18. The molecule has 4 aromatic rings. The number of fused-ring (bicyclic) bond motifs is 9. The molecule has 10 nitrogen and oxygen atoms in total. The summed E-state index contributed by atoms with van der Waals surface area (Å²) in [6.07, 6.45) is 0.742. The number of carbonyl (C=O) groups excluding carboxylic acids is 4.